The predicted octanol–water partition coefficient (Wildman–Crippen LogP) is 6.73. The number of thioether (sulfide) groups is 1. The zero-order chi connectivity index (χ0) is 25.9. The molecule has 4 aromatic rings. The summed E-state index contributed by atoms with van der Waals surface area (Å²) in [4.78, 5) is 28.6. The monoisotopic (exact) mass is 569 g/mol. The van der Waals surface area contributed by atoms with Crippen LogP contribution < -0.4 is 9.64 Å². The van der Waals surface area contributed by atoms with Gasteiger partial charge < -0.3 is 9.84 Å². The summed E-state index contributed by atoms with van der Waals surface area (Å²) in [5, 5.41) is 22.2. The minimum absolute atomic E-state index is 0.00617. The third-order valence-corrected chi connectivity index (χ3v) is 8.81. The topological polar surface area (TPSA) is 92.6 Å². The minimum Gasteiger partial charge on any atom is -0.503 e. The maximum Gasteiger partial charge on any atom is 0.296 e. The van der Waals surface area contributed by atoms with Gasteiger partial charge in [-0.3, -0.25) is 14.5 Å². The van der Waals surface area contributed by atoms with Crippen molar-refractivity contribution >= 4 is 62.9 Å². The average Bonchev–Trinajstić information content (AvgIpc) is 3.65. The third-order valence-electron chi connectivity index (χ3n) is 5.56. The number of thiophene rings is 1. The molecule has 1 amide bonds. The maximum atomic E-state index is 13.5. The molecule has 0 saturated carbocycles. The van der Waals surface area contributed by atoms with Crippen molar-refractivity contribution in [2.45, 2.75) is 23.1 Å². The summed E-state index contributed by atoms with van der Waals surface area (Å²) in [7, 11) is 0. The first-order valence-electron chi connectivity index (χ1n) is 11.2. The van der Waals surface area contributed by atoms with Gasteiger partial charge in [-0.05, 0) is 53.8 Å². The molecule has 2 aromatic carbocycles. The van der Waals surface area contributed by atoms with E-state index in [1.165, 1.54) is 39.3 Å². The lowest BCUT2D eigenvalue weighted by atomic mass is 9.95. The van der Waals surface area contributed by atoms with Crippen LogP contribution in [0.25, 0.3) is 0 Å². The summed E-state index contributed by atoms with van der Waals surface area (Å²) in [6, 6.07) is 17.2. The van der Waals surface area contributed by atoms with E-state index in [0.29, 0.717) is 37.9 Å². The fourth-order valence-electron chi connectivity index (χ4n) is 3.92. The van der Waals surface area contributed by atoms with Gasteiger partial charge in [0.05, 0.1) is 23.1 Å². The molecule has 0 aliphatic carbocycles. The molecule has 1 unspecified atom stereocenters. The number of hydrogen-bond donors (Lipinski definition) is 1. The lowest BCUT2D eigenvalue weighted by Gasteiger charge is -2.24. The summed E-state index contributed by atoms with van der Waals surface area (Å²) >= 11 is 9.92. The van der Waals surface area contributed by atoms with Crippen LogP contribution in [0.1, 0.15) is 33.8 Å². The number of anilines is 1. The van der Waals surface area contributed by atoms with Crippen LogP contribution in [-0.4, -0.2) is 33.6 Å². The lowest BCUT2D eigenvalue weighted by molar-refractivity contribution is -0.117. The Hall–Kier alpha value is -3.18. The standard InChI is InChI=1S/C26H20ClN3O4S3/c1-2-34-18-6-3-5-16(13-18)21-20(22(31)19-7-4-12-35-19)23(32)24(33)30(21)25-28-29-26(37-25)36-14-15-8-10-17(27)11-9-15/h3-13,21,32H,2,14H2,1H3. The van der Waals surface area contributed by atoms with Crippen molar-refractivity contribution in [3.8, 4) is 5.75 Å². The second-order valence-corrected chi connectivity index (χ2v) is 11.5. The van der Waals surface area contributed by atoms with Crippen molar-refractivity contribution in [3.63, 3.8) is 0 Å². The van der Waals surface area contributed by atoms with E-state index in [1.807, 2.05) is 31.2 Å². The van der Waals surface area contributed by atoms with Crippen molar-refractivity contribution in [3.05, 3.63) is 98.4 Å². The molecule has 7 nitrogen and oxygen atoms in total. The van der Waals surface area contributed by atoms with Gasteiger partial charge in [-0.1, -0.05) is 65.0 Å². The molecule has 37 heavy (non-hydrogen) atoms. The van der Waals surface area contributed by atoms with Gasteiger partial charge in [0.25, 0.3) is 5.91 Å². The fourth-order valence-corrected chi connectivity index (χ4v) is 6.54. The molecule has 0 spiro atoms. The van der Waals surface area contributed by atoms with E-state index in [-0.39, 0.29) is 10.7 Å². The molecule has 1 atom stereocenters. The summed E-state index contributed by atoms with van der Waals surface area (Å²) < 4.78 is 6.30. The molecule has 1 aliphatic heterocycles. The van der Waals surface area contributed by atoms with Crippen LogP contribution >= 0.6 is 46.0 Å². The molecular formula is C26H20ClN3O4S3. The highest BCUT2D eigenvalue weighted by atomic mass is 35.5. The summed E-state index contributed by atoms with van der Waals surface area (Å²) in [5.74, 6) is -0.450. The molecule has 0 saturated heterocycles. The molecule has 0 bridgehead atoms. The van der Waals surface area contributed by atoms with Crippen molar-refractivity contribution < 1.29 is 19.4 Å². The second kappa shape index (κ2) is 11.1. The van der Waals surface area contributed by atoms with Crippen LogP contribution in [0, 0.1) is 0 Å². The number of carbonyl (C=O) groups is 2. The first-order chi connectivity index (χ1) is 18.0. The number of rotatable bonds is 9. The Bertz CT molecular complexity index is 1470. The van der Waals surface area contributed by atoms with Crippen LogP contribution in [0.5, 0.6) is 5.75 Å². The van der Waals surface area contributed by atoms with Crippen LogP contribution in [0.4, 0.5) is 5.13 Å². The van der Waals surface area contributed by atoms with E-state index in [2.05, 4.69) is 10.2 Å². The van der Waals surface area contributed by atoms with Crippen LogP contribution in [-0.2, 0) is 10.5 Å². The molecular weight excluding hydrogens is 550 g/mol. The van der Waals surface area contributed by atoms with E-state index in [1.54, 1.807) is 41.8 Å². The van der Waals surface area contributed by atoms with Crippen molar-refractivity contribution in [2.75, 3.05) is 11.5 Å². The molecule has 0 fully saturated rings. The van der Waals surface area contributed by atoms with E-state index < -0.39 is 23.5 Å². The highest BCUT2D eigenvalue weighted by Gasteiger charge is 2.46. The Morgan fingerprint density at radius 2 is 1.97 bits per heavy atom. The van der Waals surface area contributed by atoms with Crippen LogP contribution in [0.15, 0.2) is 81.7 Å². The molecule has 2 aromatic heterocycles. The van der Waals surface area contributed by atoms with Gasteiger partial charge in [0, 0.05) is 10.8 Å². The van der Waals surface area contributed by atoms with Crippen molar-refractivity contribution in [1.29, 1.82) is 0 Å². The summed E-state index contributed by atoms with van der Waals surface area (Å²) in [6.07, 6.45) is 0. The van der Waals surface area contributed by atoms with Crippen molar-refractivity contribution in [2.24, 2.45) is 0 Å². The fraction of sp³-hybridized carbons (Fsp3) is 0.154. The van der Waals surface area contributed by atoms with Crippen molar-refractivity contribution in [1.82, 2.24) is 10.2 Å². The third kappa shape index (κ3) is 5.28. The molecule has 188 valence electrons. The Balaban J connectivity index is 1.49. The number of ether oxygens (including phenoxy) is 1. The first kappa shape index (κ1) is 25.5. The number of ketones is 1. The zero-order valence-corrected chi connectivity index (χ0v) is 22.7. The van der Waals surface area contributed by atoms with Crippen LogP contribution in [0.2, 0.25) is 5.02 Å². The average molecular weight is 570 g/mol. The molecule has 0 radical (unpaired) electrons. The van der Waals surface area contributed by atoms with Crippen LogP contribution in [0.3, 0.4) is 0 Å². The number of aliphatic hydroxyl groups is 1. The molecule has 1 aliphatic rings. The zero-order valence-electron chi connectivity index (χ0n) is 19.5. The van der Waals surface area contributed by atoms with Gasteiger partial charge in [0.15, 0.2) is 10.1 Å². The smallest absolute Gasteiger partial charge is 0.296 e. The van der Waals surface area contributed by atoms with Gasteiger partial charge >= 0.3 is 0 Å². The predicted molar refractivity (Wildman–Crippen MR) is 147 cm³/mol. The Morgan fingerprint density at radius 1 is 1.16 bits per heavy atom. The number of amides is 1. The summed E-state index contributed by atoms with van der Waals surface area (Å²) in [5.41, 5.74) is 1.69. The molecule has 3 heterocycles. The van der Waals surface area contributed by atoms with Gasteiger partial charge in [-0.15, -0.1) is 21.5 Å². The number of Topliss-reactive ketones (excluding diaryl/α,β-unsaturated/α-hetero) is 1. The number of aliphatic hydroxyl groups excluding tert-OH is 1. The number of benzene rings is 2. The quantitative estimate of drug-likeness (QED) is 0.136. The molecule has 11 heteroatoms. The normalized spacial score (nSPS) is 15.5. The molecule has 1 N–H and O–H groups in total. The van der Waals surface area contributed by atoms with E-state index in [9.17, 15) is 14.7 Å². The van der Waals surface area contributed by atoms with E-state index >= 15 is 0 Å². The van der Waals surface area contributed by atoms with Gasteiger partial charge in [0.1, 0.15) is 5.75 Å². The van der Waals surface area contributed by atoms with Gasteiger partial charge in [0.2, 0.25) is 10.9 Å². The first-order valence-corrected chi connectivity index (χ1v) is 14.3. The Morgan fingerprint density at radius 3 is 2.70 bits per heavy atom. The highest BCUT2D eigenvalue weighted by molar-refractivity contribution is 8.00. The lowest BCUT2D eigenvalue weighted by Crippen LogP contribution is -2.31. The van der Waals surface area contributed by atoms with Gasteiger partial charge in [-0.25, -0.2) is 0 Å². The Labute approximate surface area is 230 Å². The number of aromatic nitrogens is 2. The van der Waals surface area contributed by atoms with E-state index in [4.69, 9.17) is 16.3 Å². The largest absolute Gasteiger partial charge is 0.503 e. The number of nitrogens with zero attached hydrogens (tertiary/aromatic N) is 3. The maximum absolute atomic E-state index is 13.5. The SMILES string of the molecule is CCOc1cccc(C2C(C(=O)c3cccs3)=C(O)C(=O)N2c2nnc(SCc3ccc(Cl)cc3)s2)c1. The highest BCUT2D eigenvalue weighted by Crippen LogP contribution is 2.44. The van der Waals surface area contributed by atoms with Gasteiger partial charge in [-0.2, -0.15) is 0 Å². The summed E-state index contributed by atoms with van der Waals surface area (Å²) in [6.45, 7) is 2.34. The molecule has 5 rings (SSSR count). The second-order valence-electron chi connectivity index (χ2n) is 7.92. The number of halogens is 1. The Kier molecular flexibility index (Phi) is 7.61. The number of hydrogen-bond acceptors (Lipinski definition) is 9. The van der Waals surface area contributed by atoms with E-state index in [0.717, 1.165) is 5.56 Å². The minimum atomic E-state index is -0.885. The number of carbonyl (C=O) groups excluding carboxylic acids is 2.